The summed E-state index contributed by atoms with van der Waals surface area (Å²) < 4.78 is 22.2. The summed E-state index contributed by atoms with van der Waals surface area (Å²) in [6.45, 7) is 1.64. The van der Waals surface area contributed by atoms with E-state index in [-0.39, 0.29) is 16.4 Å². The van der Waals surface area contributed by atoms with Gasteiger partial charge in [-0.15, -0.1) is 0 Å². The van der Waals surface area contributed by atoms with E-state index < -0.39 is 17.3 Å². The molecule has 0 saturated heterocycles. The maximum Gasteiger partial charge on any atom is 0.296 e. The summed E-state index contributed by atoms with van der Waals surface area (Å²) in [6.07, 6.45) is 0. The van der Waals surface area contributed by atoms with Crippen LogP contribution in [0.2, 0.25) is 5.02 Å². The molecule has 0 aliphatic heterocycles. The SMILES string of the molecule is COc1ccc(-n2nc(C(=O)Nc3ccc(C)c(F)c3)c3c4ccccc4n(C)c3c2=O)cc1Cl. The van der Waals surface area contributed by atoms with E-state index in [0.717, 1.165) is 10.2 Å². The molecule has 9 heteroatoms. The molecule has 5 aromatic rings. The number of para-hydroxylation sites is 1. The predicted molar refractivity (Wildman–Crippen MR) is 134 cm³/mol. The lowest BCUT2D eigenvalue weighted by atomic mass is 10.1. The second kappa shape index (κ2) is 8.56. The normalized spacial score (nSPS) is 11.2. The number of benzene rings is 3. The first-order valence-electron chi connectivity index (χ1n) is 10.7. The van der Waals surface area contributed by atoms with Gasteiger partial charge in [0.05, 0.1) is 17.8 Å². The summed E-state index contributed by atoms with van der Waals surface area (Å²) in [4.78, 5) is 27.1. The molecule has 7 nitrogen and oxygen atoms in total. The van der Waals surface area contributed by atoms with Gasteiger partial charge in [-0.2, -0.15) is 9.78 Å². The summed E-state index contributed by atoms with van der Waals surface area (Å²) in [7, 11) is 3.25. The number of ether oxygens (including phenoxy) is 1. The lowest BCUT2D eigenvalue weighted by Gasteiger charge is -2.12. The first kappa shape index (κ1) is 22.6. The van der Waals surface area contributed by atoms with Crippen molar-refractivity contribution in [3.05, 3.63) is 93.1 Å². The number of methoxy groups -OCH3 is 1. The van der Waals surface area contributed by atoms with Crippen molar-refractivity contribution in [2.45, 2.75) is 6.92 Å². The molecule has 0 aliphatic rings. The zero-order valence-corrected chi connectivity index (χ0v) is 19.9. The first-order chi connectivity index (χ1) is 16.8. The van der Waals surface area contributed by atoms with Crippen molar-refractivity contribution in [2.24, 2.45) is 7.05 Å². The van der Waals surface area contributed by atoms with Gasteiger partial charge in [-0.25, -0.2) is 4.39 Å². The zero-order chi connectivity index (χ0) is 24.9. The molecule has 2 heterocycles. The van der Waals surface area contributed by atoms with E-state index in [0.29, 0.717) is 33.3 Å². The van der Waals surface area contributed by atoms with Gasteiger partial charge in [0.1, 0.15) is 17.1 Å². The maximum absolute atomic E-state index is 14.1. The third-order valence-corrected chi connectivity index (χ3v) is 6.26. The van der Waals surface area contributed by atoms with Crippen LogP contribution in [0.15, 0.2) is 65.5 Å². The molecule has 0 radical (unpaired) electrons. The Morgan fingerprint density at radius 1 is 1.11 bits per heavy atom. The van der Waals surface area contributed by atoms with Gasteiger partial charge in [-0.05, 0) is 48.9 Å². The molecule has 0 atom stereocenters. The Bertz CT molecular complexity index is 1710. The maximum atomic E-state index is 14.1. The fourth-order valence-corrected chi connectivity index (χ4v) is 4.41. The van der Waals surface area contributed by atoms with E-state index in [2.05, 4.69) is 10.4 Å². The van der Waals surface area contributed by atoms with E-state index in [9.17, 15) is 14.0 Å². The number of anilines is 1. The smallest absolute Gasteiger partial charge is 0.296 e. The second-order valence-corrected chi connectivity index (χ2v) is 8.51. The van der Waals surface area contributed by atoms with Crippen molar-refractivity contribution >= 4 is 45.0 Å². The van der Waals surface area contributed by atoms with Gasteiger partial charge in [0.15, 0.2) is 5.69 Å². The van der Waals surface area contributed by atoms with E-state index in [1.165, 1.54) is 13.2 Å². The number of rotatable bonds is 4. The predicted octanol–water partition coefficient (Wildman–Crippen LogP) is 5.24. The van der Waals surface area contributed by atoms with Gasteiger partial charge in [-0.1, -0.05) is 35.9 Å². The van der Waals surface area contributed by atoms with E-state index in [1.54, 1.807) is 48.9 Å². The molecular weight excluding hydrogens is 471 g/mol. The molecule has 1 amide bonds. The number of halogens is 2. The molecule has 176 valence electrons. The number of aryl methyl sites for hydroxylation is 2. The van der Waals surface area contributed by atoms with Crippen LogP contribution in [0.1, 0.15) is 16.1 Å². The Labute approximate surface area is 204 Å². The quantitative estimate of drug-likeness (QED) is 0.374. The van der Waals surface area contributed by atoms with Crippen LogP contribution in [0.5, 0.6) is 5.75 Å². The van der Waals surface area contributed by atoms with Crippen molar-refractivity contribution in [2.75, 3.05) is 12.4 Å². The summed E-state index contributed by atoms with van der Waals surface area (Å²) in [5.41, 5.74) is 1.77. The summed E-state index contributed by atoms with van der Waals surface area (Å²) in [6, 6.07) is 16.6. The number of aromatic nitrogens is 3. The van der Waals surface area contributed by atoms with E-state index in [4.69, 9.17) is 16.3 Å². The summed E-state index contributed by atoms with van der Waals surface area (Å²) >= 11 is 6.29. The Morgan fingerprint density at radius 2 is 1.89 bits per heavy atom. The van der Waals surface area contributed by atoms with Crippen LogP contribution in [-0.2, 0) is 7.05 Å². The molecule has 0 spiro atoms. The summed E-state index contributed by atoms with van der Waals surface area (Å²) in [5, 5.41) is 8.56. The minimum Gasteiger partial charge on any atom is -0.495 e. The fraction of sp³-hybridized carbons (Fsp3) is 0.115. The van der Waals surface area contributed by atoms with Crippen molar-refractivity contribution in [3.8, 4) is 11.4 Å². The number of carbonyl (C=O) groups is 1. The van der Waals surface area contributed by atoms with Crippen LogP contribution in [0, 0.1) is 12.7 Å². The molecule has 0 saturated carbocycles. The van der Waals surface area contributed by atoms with Gasteiger partial charge in [-0.3, -0.25) is 9.59 Å². The highest BCUT2D eigenvalue weighted by Gasteiger charge is 2.24. The zero-order valence-electron chi connectivity index (χ0n) is 19.1. The number of hydrogen-bond donors (Lipinski definition) is 1. The molecule has 0 unspecified atom stereocenters. The Hall–Kier alpha value is -4.17. The first-order valence-corrected chi connectivity index (χ1v) is 11.1. The third-order valence-electron chi connectivity index (χ3n) is 5.96. The lowest BCUT2D eigenvalue weighted by Crippen LogP contribution is -2.27. The van der Waals surface area contributed by atoms with Gasteiger partial charge in [0.2, 0.25) is 0 Å². The van der Waals surface area contributed by atoms with Gasteiger partial charge in [0, 0.05) is 29.0 Å². The third kappa shape index (κ3) is 3.72. The Balaban J connectivity index is 1.78. The van der Waals surface area contributed by atoms with Crippen LogP contribution in [-0.4, -0.2) is 27.4 Å². The molecule has 0 bridgehead atoms. The van der Waals surface area contributed by atoms with Crippen LogP contribution in [0.3, 0.4) is 0 Å². The highest BCUT2D eigenvalue weighted by molar-refractivity contribution is 6.32. The van der Waals surface area contributed by atoms with Gasteiger partial charge >= 0.3 is 0 Å². The van der Waals surface area contributed by atoms with Crippen LogP contribution < -0.4 is 15.6 Å². The second-order valence-electron chi connectivity index (χ2n) is 8.10. The molecule has 1 N–H and O–H groups in total. The topological polar surface area (TPSA) is 78.2 Å². The lowest BCUT2D eigenvalue weighted by molar-refractivity contribution is 0.102. The number of amides is 1. The minimum atomic E-state index is -0.581. The molecule has 35 heavy (non-hydrogen) atoms. The van der Waals surface area contributed by atoms with Crippen molar-refractivity contribution in [1.82, 2.24) is 14.3 Å². The Morgan fingerprint density at radius 3 is 2.60 bits per heavy atom. The van der Waals surface area contributed by atoms with E-state index >= 15 is 0 Å². The average molecular weight is 491 g/mol. The molecule has 0 fully saturated rings. The molecular formula is C26H20ClFN4O3. The molecule has 3 aromatic carbocycles. The van der Waals surface area contributed by atoms with Crippen LogP contribution >= 0.6 is 11.6 Å². The fourth-order valence-electron chi connectivity index (χ4n) is 4.16. The number of carbonyl (C=O) groups excluding carboxylic acids is 1. The van der Waals surface area contributed by atoms with Crippen molar-refractivity contribution in [3.63, 3.8) is 0 Å². The number of hydrogen-bond acceptors (Lipinski definition) is 4. The standard InChI is InChI=1S/C26H20ClFN4O3/c1-14-8-9-15(12-19(14)28)29-25(33)23-22-17-6-4-5-7-20(17)31(2)24(22)26(34)32(30-23)16-10-11-21(35-3)18(27)13-16/h4-13H,1-3H3,(H,29,33). The highest BCUT2D eigenvalue weighted by atomic mass is 35.5. The van der Waals surface area contributed by atoms with E-state index in [1.807, 2.05) is 24.3 Å². The van der Waals surface area contributed by atoms with Crippen molar-refractivity contribution < 1.29 is 13.9 Å². The summed E-state index contributed by atoms with van der Waals surface area (Å²) in [5.74, 6) is -0.583. The number of nitrogens with one attached hydrogen (secondary N) is 1. The highest BCUT2D eigenvalue weighted by Crippen LogP contribution is 2.30. The largest absolute Gasteiger partial charge is 0.495 e. The van der Waals surface area contributed by atoms with Gasteiger partial charge < -0.3 is 14.6 Å². The number of fused-ring (bicyclic) bond motifs is 3. The number of nitrogens with zero attached hydrogens (tertiary/aromatic N) is 3. The Kier molecular flexibility index (Phi) is 5.53. The molecule has 5 rings (SSSR count). The minimum absolute atomic E-state index is 0.0179. The van der Waals surface area contributed by atoms with Gasteiger partial charge in [0.25, 0.3) is 11.5 Å². The molecule has 2 aromatic heterocycles. The monoisotopic (exact) mass is 490 g/mol. The van der Waals surface area contributed by atoms with Crippen LogP contribution in [0.4, 0.5) is 10.1 Å². The molecule has 0 aliphatic carbocycles. The average Bonchev–Trinajstić information content (AvgIpc) is 3.15. The van der Waals surface area contributed by atoms with Crippen LogP contribution in [0.25, 0.3) is 27.5 Å². The van der Waals surface area contributed by atoms with Crippen molar-refractivity contribution in [1.29, 1.82) is 0 Å².